The van der Waals surface area contributed by atoms with Crippen molar-refractivity contribution in [1.82, 2.24) is 10.2 Å². The summed E-state index contributed by atoms with van der Waals surface area (Å²) >= 11 is 4.91. The fourth-order valence-corrected chi connectivity index (χ4v) is 2.53. The number of thiocarbonyl (C=S) groups is 1. The van der Waals surface area contributed by atoms with E-state index in [4.69, 9.17) is 17.0 Å². The Hall–Kier alpha value is -3.06. The van der Waals surface area contributed by atoms with Crippen LogP contribution in [0.3, 0.4) is 0 Å². The molecule has 1 aliphatic rings. The zero-order valence-electron chi connectivity index (χ0n) is 13.9. The Kier molecular flexibility index (Phi) is 5.09. The summed E-state index contributed by atoms with van der Waals surface area (Å²) in [5, 5.41) is 2.54. The minimum absolute atomic E-state index is 0.00298. The molecule has 1 fully saturated rings. The number of amides is 2. The van der Waals surface area contributed by atoms with Gasteiger partial charge in [-0.25, -0.2) is 4.39 Å². The van der Waals surface area contributed by atoms with Gasteiger partial charge in [-0.3, -0.25) is 19.8 Å². The van der Waals surface area contributed by atoms with Crippen molar-refractivity contribution in [2.24, 2.45) is 0 Å². The van der Waals surface area contributed by atoms with Crippen LogP contribution >= 0.6 is 12.2 Å². The quantitative estimate of drug-likeness (QED) is 0.511. The molecule has 0 radical (unpaired) electrons. The second-order valence-electron chi connectivity index (χ2n) is 5.67. The lowest BCUT2D eigenvalue weighted by Gasteiger charge is -2.25. The van der Waals surface area contributed by atoms with Crippen molar-refractivity contribution in [3.8, 4) is 5.75 Å². The SMILES string of the molecule is CN1C(=O)/C(=C/c2cccc(OCc3ccc(F)cc3)c2)C(=O)NC1=S. The third-order valence-corrected chi connectivity index (χ3v) is 4.17. The molecule has 7 heteroatoms. The topological polar surface area (TPSA) is 58.6 Å². The molecular weight excluding hydrogens is 355 g/mol. The molecule has 0 spiro atoms. The highest BCUT2D eigenvalue weighted by Gasteiger charge is 2.30. The molecule has 132 valence electrons. The predicted octanol–water partition coefficient (Wildman–Crippen LogP) is 2.66. The first kappa shape index (κ1) is 17.8. The monoisotopic (exact) mass is 370 g/mol. The van der Waals surface area contributed by atoms with Crippen LogP contribution in [0.2, 0.25) is 0 Å². The minimum Gasteiger partial charge on any atom is -0.489 e. The summed E-state index contributed by atoms with van der Waals surface area (Å²) in [5.41, 5.74) is 1.46. The molecule has 0 bridgehead atoms. The van der Waals surface area contributed by atoms with Crippen molar-refractivity contribution >= 4 is 35.2 Å². The second kappa shape index (κ2) is 7.45. The first-order chi connectivity index (χ1) is 12.4. The van der Waals surface area contributed by atoms with Gasteiger partial charge in [-0.15, -0.1) is 0 Å². The largest absolute Gasteiger partial charge is 0.489 e. The van der Waals surface area contributed by atoms with Gasteiger partial charge in [-0.05, 0) is 53.7 Å². The Morgan fingerprint density at radius 2 is 1.92 bits per heavy atom. The molecule has 2 aromatic carbocycles. The zero-order chi connectivity index (χ0) is 18.7. The van der Waals surface area contributed by atoms with E-state index in [-0.39, 0.29) is 23.1 Å². The second-order valence-corrected chi connectivity index (χ2v) is 6.06. The van der Waals surface area contributed by atoms with E-state index < -0.39 is 11.8 Å². The van der Waals surface area contributed by atoms with Crippen molar-refractivity contribution in [1.29, 1.82) is 0 Å². The molecule has 1 N–H and O–H groups in total. The Balaban J connectivity index is 1.76. The summed E-state index contributed by atoms with van der Waals surface area (Å²) in [4.78, 5) is 25.4. The summed E-state index contributed by atoms with van der Waals surface area (Å²) in [7, 11) is 1.50. The molecule has 1 aliphatic heterocycles. The number of hydrogen-bond donors (Lipinski definition) is 1. The lowest BCUT2D eigenvalue weighted by atomic mass is 10.1. The summed E-state index contributed by atoms with van der Waals surface area (Å²) in [6.07, 6.45) is 1.49. The van der Waals surface area contributed by atoms with Crippen molar-refractivity contribution in [3.63, 3.8) is 0 Å². The molecule has 1 heterocycles. The van der Waals surface area contributed by atoms with E-state index in [1.165, 1.54) is 30.2 Å². The van der Waals surface area contributed by atoms with E-state index >= 15 is 0 Å². The average molecular weight is 370 g/mol. The van der Waals surface area contributed by atoms with Gasteiger partial charge >= 0.3 is 0 Å². The molecule has 2 aromatic rings. The molecule has 5 nitrogen and oxygen atoms in total. The molecule has 0 saturated carbocycles. The maximum atomic E-state index is 12.9. The van der Waals surface area contributed by atoms with Crippen LogP contribution in [0.1, 0.15) is 11.1 Å². The molecule has 0 aromatic heterocycles. The Bertz CT molecular complexity index is 909. The maximum absolute atomic E-state index is 12.9. The molecule has 0 atom stereocenters. The van der Waals surface area contributed by atoms with Crippen LogP contribution in [-0.4, -0.2) is 28.9 Å². The third kappa shape index (κ3) is 3.94. The average Bonchev–Trinajstić information content (AvgIpc) is 2.63. The number of carbonyl (C=O) groups excluding carboxylic acids is 2. The number of benzene rings is 2. The fourth-order valence-electron chi connectivity index (χ4n) is 2.35. The van der Waals surface area contributed by atoms with E-state index in [1.807, 2.05) is 0 Å². The first-order valence-electron chi connectivity index (χ1n) is 7.76. The smallest absolute Gasteiger partial charge is 0.265 e. The molecule has 26 heavy (non-hydrogen) atoms. The Morgan fingerprint density at radius 1 is 1.19 bits per heavy atom. The van der Waals surface area contributed by atoms with E-state index in [1.54, 1.807) is 36.4 Å². The number of rotatable bonds is 4. The van der Waals surface area contributed by atoms with Gasteiger partial charge in [-0.1, -0.05) is 24.3 Å². The predicted molar refractivity (Wildman–Crippen MR) is 98.7 cm³/mol. The number of ether oxygens (including phenoxy) is 1. The van der Waals surface area contributed by atoms with Gasteiger partial charge < -0.3 is 4.74 Å². The van der Waals surface area contributed by atoms with E-state index in [0.29, 0.717) is 11.3 Å². The number of halogens is 1. The zero-order valence-corrected chi connectivity index (χ0v) is 14.7. The van der Waals surface area contributed by atoms with Crippen molar-refractivity contribution in [3.05, 3.63) is 71.0 Å². The van der Waals surface area contributed by atoms with Gasteiger partial charge in [-0.2, -0.15) is 0 Å². The van der Waals surface area contributed by atoms with Crippen molar-refractivity contribution < 1.29 is 18.7 Å². The van der Waals surface area contributed by atoms with E-state index in [0.717, 1.165) is 5.56 Å². The molecule has 0 unspecified atom stereocenters. The van der Waals surface area contributed by atoms with Gasteiger partial charge in [0.1, 0.15) is 23.7 Å². The highest BCUT2D eigenvalue weighted by molar-refractivity contribution is 7.80. The van der Waals surface area contributed by atoms with Crippen LogP contribution in [0.15, 0.2) is 54.1 Å². The van der Waals surface area contributed by atoms with E-state index in [2.05, 4.69) is 5.32 Å². The van der Waals surface area contributed by atoms with Crippen molar-refractivity contribution in [2.45, 2.75) is 6.61 Å². The number of hydrogen-bond acceptors (Lipinski definition) is 4. The van der Waals surface area contributed by atoms with Crippen LogP contribution in [-0.2, 0) is 16.2 Å². The van der Waals surface area contributed by atoms with Crippen molar-refractivity contribution in [2.75, 3.05) is 7.05 Å². The lowest BCUT2D eigenvalue weighted by Crippen LogP contribution is -2.52. The maximum Gasteiger partial charge on any atom is 0.265 e. The van der Waals surface area contributed by atoms with Gasteiger partial charge in [0.2, 0.25) is 0 Å². The normalized spacial score (nSPS) is 16.0. The van der Waals surface area contributed by atoms with Gasteiger partial charge in [0.15, 0.2) is 5.11 Å². The third-order valence-electron chi connectivity index (χ3n) is 3.79. The number of nitrogens with zero attached hydrogens (tertiary/aromatic N) is 1. The summed E-state index contributed by atoms with van der Waals surface area (Å²) < 4.78 is 18.6. The number of likely N-dealkylation sites (N-methyl/N-ethyl adjacent to an activating group) is 1. The standard InChI is InChI=1S/C19H15FN2O3S/c1-22-18(24)16(17(23)21-19(22)26)10-13-3-2-4-15(9-13)25-11-12-5-7-14(20)8-6-12/h2-10H,11H2,1H3,(H,21,23,26)/b16-10+. The van der Waals surface area contributed by atoms with Crippen LogP contribution in [0.5, 0.6) is 5.75 Å². The summed E-state index contributed by atoms with van der Waals surface area (Å²) in [6, 6.07) is 13.0. The Labute approximate surface area is 155 Å². The minimum atomic E-state index is -0.532. The molecule has 3 rings (SSSR count). The number of carbonyl (C=O) groups is 2. The van der Waals surface area contributed by atoms with Gasteiger partial charge in [0.05, 0.1) is 0 Å². The van der Waals surface area contributed by atoms with Gasteiger partial charge in [0.25, 0.3) is 11.8 Å². The first-order valence-corrected chi connectivity index (χ1v) is 8.17. The molecule has 0 aliphatic carbocycles. The lowest BCUT2D eigenvalue weighted by molar-refractivity contribution is -0.128. The fraction of sp³-hybridized carbons (Fsp3) is 0.105. The summed E-state index contributed by atoms with van der Waals surface area (Å²) in [5.74, 6) is -0.731. The highest BCUT2D eigenvalue weighted by atomic mass is 32.1. The number of nitrogens with one attached hydrogen (secondary N) is 1. The van der Waals surface area contributed by atoms with Crippen LogP contribution < -0.4 is 10.1 Å². The Morgan fingerprint density at radius 3 is 2.65 bits per heavy atom. The van der Waals surface area contributed by atoms with Crippen LogP contribution in [0.4, 0.5) is 4.39 Å². The molecular formula is C19H15FN2O3S. The van der Waals surface area contributed by atoms with Crippen LogP contribution in [0.25, 0.3) is 6.08 Å². The highest BCUT2D eigenvalue weighted by Crippen LogP contribution is 2.19. The van der Waals surface area contributed by atoms with E-state index in [9.17, 15) is 14.0 Å². The summed E-state index contributed by atoms with van der Waals surface area (Å²) in [6.45, 7) is 0.275. The van der Waals surface area contributed by atoms with Gasteiger partial charge in [0, 0.05) is 7.05 Å². The molecule has 1 saturated heterocycles. The van der Waals surface area contributed by atoms with Crippen LogP contribution in [0, 0.1) is 5.82 Å². The molecule has 2 amide bonds.